The van der Waals surface area contributed by atoms with E-state index in [1.165, 1.54) is 5.56 Å². The molecular weight excluding hydrogens is 232 g/mol. The van der Waals surface area contributed by atoms with Crippen molar-refractivity contribution in [2.75, 3.05) is 0 Å². The summed E-state index contributed by atoms with van der Waals surface area (Å²) in [6.07, 6.45) is 1.24. The molecule has 1 aromatic carbocycles. The third-order valence-corrected chi connectivity index (χ3v) is 2.63. The molecule has 0 spiro atoms. The highest BCUT2D eigenvalue weighted by molar-refractivity contribution is 5.66. The zero-order chi connectivity index (χ0) is 13.0. The van der Waals surface area contributed by atoms with Crippen LogP contribution in [0.4, 0.5) is 0 Å². The molecule has 0 aliphatic rings. The van der Waals surface area contributed by atoms with Gasteiger partial charge in [-0.25, -0.2) is 0 Å². The summed E-state index contributed by atoms with van der Waals surface area (Å²) in [4.78, 5) is 10.4. The van der Waals surface area contributed by atoms with Gasteiger partial charge in [-0.3, -0.25) is 4.79 Å². The van der Waals surface area contributed by atoms with Gasteiger partial charge in [-0.15, -0.1) is 10.2 Å². The molecule has 1 aromatic heterocycles. The lowest BCUT2D eigenvalue weighted by atomic mass is 10.1. The minimum absolute atomic E-state index is 0.00357. The van der Waals surface area contributed by atoms with Gasteiger partial charge < -0.3 is 9.52 Å². The molecule has 1 heterocycles. The first-order chi connectivity index (χ1) is 8.69. The average molecular weight is 246 g/mol. The number of carboxylic acids is 1. The van der Waals surface area contributed by atoms with Crippen LogP contribution in [0.25, 0.3) is 11.5 Å². The second-order valence-corrected chi connectivity index (χ2v) is 3.95. The number of aliphatic carboxylic acids is 1. The quantitative estimate of drug-likeness (QED) is 0.876. The summed E-state index contributed by atoms with van der Waals surface area (Å²) in [6.45, 7) is 2.09. The second kappa shape index (κ2) is 5.44. The Balaban J connectivity index is 2.10. The fraction of sp³-hybridized carbons (Fsp3) is 0.308. The first kappa shape index (κ1) is 12.3. The van der Waals surface area contributed by atoms with Crippen LogP contribution in [0, 0.1) is 0 Å². The fourth-order valence-corrected chi connectivity index (χ4v) is 1.57. The van der Waals surface area contributed by atoms with Crippen LogP contribution in [-0.2, 0) is 17.6 Å². The third-order valence-electron chi connectivity index (χ3n) is 2.63. The van der Waals surface area contributed by atoms with Crippen LogP contribution in [0.2, 0.25) is 0 Å². The lowest BCUT2D eigenvalue weighted by Gasteiger charge is -1.97. The van der Waals surface area contributed by atoms with E-state index < -0.39 is 5.97 Å². The van der Waals surface area contributed by atoms with Crippen molar-refractivity contribution in [2.45, 2.75) is 26.2 Å². The second-order valence-electron chi connectivity index (χ2n) is 3.95. The number of hydrogen-bond acceptors (Lipinski definition) is 4. The van der Waals surface area contributed by atoms with Gasteiger partial charge in [0.15, 0.2) is 0 Å². The number of rotatable bonds is 5. The monoisotopic (exact) mass is 246 g/mol. The molecule has 0 saturated carbocycles. The van der Waals surface area contributed by atoms with Crippen molar-refractivity contribution in [2.24, 2.45) is 0 Å². The van der Waals surface area contributed by atoms with E-state index in [1.807, 2.05) is 24.3 Å². The van der Waals surface area contributed by atoms with Gasteiger partial charge in [-0.1, -0.05) is 19.1 Å². The van der Waals surface area contributed by atoms with Crippen molar-refractivity contribution in [1.29, 1.82) is 0 Å². The Morgan fingerprint density at radius 2 is 2.00 bits per heavy atom. The van der Waals surface area contributed by atoms with Gasteiger partial charge in [0.1, 0.15) is 0 Å². The summed E-state index contributed by atoms with van der Waals surface area (Å²) in [6, 6.07) is 7.87. The van der Waals surface area contributed by atoms with Gasteiger partial charge in [0, 0.05) is 12.0 Å². The molecule has 0 aliphatic carbocycles. The van der Waals surface area contributed by atoms with Gasteiger partial charge in [0.05, 0.1) is 6.42 Å². The Bertz CT molecular complexity index is 531. The molecule has 1 N–H and O–H groups in total. The molecule has 0 radical (unpaired) electrons. The van der Waals surface area contributed by atoms with Gasteiger partial charge in [-0.05, 0) is 24.1 Å². The van der Waals surface area contributed by atoms with E-state index in [1.54, 1.807) is 0 Å². The Morgan fingerprint density at radius 1 is 1.28 bits per heavy atom. The molecule has 94 valence electrons. The normalized spacial score (nSPS) is 10.5. The molecule has 0 saturated heterocycles. The number of aromatic nitrogens is 2. The molecule has 18 heavy (non-hydrogen) atoms. The summed E-state index contributed by atoms with van der Waals surface area (Å²) in [5.74, 6) is -0.0907. The Labute approximate surface area is 104 Å². The topological polar surface area (TPSA) is 76.2 Å². The number of carboxylic acid groups (broad SMARTS) is 1. The lowest BCUT2D eigenvalue weighted by Crippen LogP contribution is -1.97. The molecule has 2 rings (SSSR count). The van der Waals surface area contributed by atoms with Gasteiger partial charge in [0.25, 0.3) is 0 Å². The highest BCUT2D eigenvalue weighted by atomic mass is 16.4. The number of hydrogen-bond donors (Lipinski definition) is 1. The number of aryl methyl sites for hydroxylation is 2. The van der Waals surface area contributed by atoms with Crippen molar-refractivity contribution in [1.82, 2.24) is 10.2 Å². The molecule has 0 unspecified atom stereocenters. The smallest absolute Gasteiger partial charge is 0.303 e. The summed E-state index contributed by atoms with van der Waals surface area (Å²) in [7, 11) is 0. The average Bonchev–Trinajstić information content (AvgIpc) is 2.85. The van der Waals surface area contributed by atoms with Crippen molar-refractivity contribution in [3.8, 4) is 11.5 Å². The molecule has 5 nitrogen and oxygen atoms in total. The van der Waals surface area contributed by atoms with Gasteiger partial charge in [-0.2, -0.15) is 0 Å². The van der Waals surface area contributed by atoms with Crippen LogP contribution < -0.4 is 0 Å². The first-order valence-electron chi connectivity index (χ1n) is 5.82. The van der Waals surface area contributed by atoms with Crippen molar-refractivity contribution in [3.05, 3.63) is 35.7 Å². The lowest BCUT2D eigenvalue weighted by molar-refractivity contribution is -0.137. The van der Waals surface area contributed by atoms with Crippen molar-refractivity contribution in [3.63, 3.8) is 0 Å². The maximum Gasteiger partial charge on any atom is 0.303 e. The predicted octanol–water partition coefficient (Wildman–Crippen LogP) is 2.32. The summed E-state index contributed by atoms with van der Waals surface area (Å²) >= 11 is 0. The number of carbonyl (C=O) groups is 1. The molecule has 0 amide bonds. The molecule has 0 fully saturated rings. The Hall–Kier alpha value is -2.17. The minimum atomic E-state index is -0.873. The SMILES string of the molecule is CCc1ccc(-c2nnc(CCC(=O)O)o2)cc1. The summed E-state index contributed by atoms with van der Waals surface area (Å²) < 4.78 is 5.41. The molecule has 0 bridgehead atoms. The molecule has 0 atom stereocenters. The predicted molar refractivity (Wildman–Crippen MR) is 65.1 cm³/mol. The van der Waals surface area contributed by atoms with E-state index in [0.29, 0.717) is 11.8 Å². The Kier molecular flexibility index (Phi) is 3.72. The minimum Gasteiger partial charge on any atom is -0.481 e. The zero-order valence-electron chi connectivity index (χ0n) is 10.1. The van der Waals surface area contributed by atoms with Crippen LogP contribution in [0.5, 0.6) is 0 Å². The van der Waals surface area contributed by atoms with Gasteiger partial charge >= 0.3 is 5.97 Å². The Morgan fingerprint density at radius 3 is 2.61 bits per heavy atom. The highest BCUT2D eigenvalue weighted by Gasteiger charge is 2.09. The van der Waals surface area contributed by atoms with Crippen LogP contribution >= 0.6 is 0 Å². The largest absolute Gasteiger partial charge is 0.481 e. The highest BCUT2D eigenvalue weighted by Crippen LogP contribution is 2.19. The maximum absolute atomic E-state index is 10.4. The van der Waals surface area contributed by atoms with E-state index in [9.17, 15) is 4.79 Å². The van der Waals surface area contributed by atoms with E-state index in [0.717, 1.165) is 12.0 Å². The number of benzene rings is 1. The first-order valence-corrected chi connectivity index (χ1v) is 5.82. The fourth-order valence-electron chi connectivity index (χ4n) is 1.57. The van der Waals surface area contributed by atoms with E-state index >= 15 is 0 Å². The van der Waals surface area contributed by atoms with Crippen LogP contribution in [0.1, 0.15) is 24.8 Å². The molecular formula is C13H14N2O3. The van der Waals surface area contributed by atoms with E-state index in [-0.39, 0.29) is 12.8 Å². The molecule has 5 heteroatoms. The summed E-state index contributed by atoms with van der Waals surface area (Å²) in [5, 5.41) is 16.3. The maximum atomic E-state index is 10.4. The van der Waals surface area contributed by atoms with Crippen molar-refractivity contribution < 1.29 is 14.3 Å². The van der Waals surface area contributed by atoms with Crippen LogP contribution in [0.3, 0.4) is 0 Å². The van der Waals surface area contributed by atoms with Crippen molar-refractivity contribution >= 4 is 5.97 Å². The van der Waals surface area contributed by atoms with Crippen LogP contribution in [0.15, 0.2) is 28.7 Å². The number of nitrogens with zero attached hydrogens (tertiary/aromatic N) is 2. The third kappa shape index (κ3) is 2.94. The van der Waals surface area contributed by atoms with E-state index in [2.05, 4.69) is 17.1 Å². The van der Waals surface area contributed by atoms with Crippen LogP contribution in [-0.4, -0.2) is 21.3 Å². The summed E-state index contributed by atoms with van der Waals surface area (Å²) in [5.41, 5.74) is 2.09. The standard InChI is InChI=1S/C13H14N2O3/c1-2-9-3-5-10(6-4-9)13-15-14-11(18-13)7-8-12(16)17/h3-6H,2,7-8H2,1H3,(H,16,17). The molecule has 2 aromatic rings. The molecule has 0 aliphatic heterocycles. The van der Waals surface area contributed by atoms with Gasteiger partial charge in [0.2, 0.25) is 11.8 Å². The van der Waals surface area contributed by atoms with E-state index in [4.69, 9.17) is 9.52 Å². The zero-order valence-corrected chi connectivity index (χ0v) is 10.1.